The molecule has 0 N–H and O–H groups in total. The van der Waals surface area contributed by atoms with E-state index in [1.165, 1.54) is 12.1 Å². The standard InChI is InChI=1S/C14H6Cl3NO2/c15-8-3-1-2-7(4-8)13-14(19)9-5-10(16)11(17)6-12(9)18(13)20/h1-6H. The zero-order chi connectivity index (χ0) is 14.4. The van der Waals surface area contributed by atoms with Crippen LogP contribution < -0.4 is 0 Å². The van der Waals surface area contributed by atoms with Crippen LogP contribution >= 0.6 is 34.8 Å². The van der Waals surface area contributed by atoms with E-state index in [0.29, 0.717) is 15.3 Å². The van der Waals surface area contributed by atoms with Gasteiger partial charge in [-0.25, -0.2) is 0 Å². The minimum atomic E-state index is -0.393. The van der Waals surface area contributed by atoms with Gasteiger partial charge in [-0.15, -0.1) is 0 Å². The molecule has 3 nitrogen and oxygen atoms in total. The van der Waals surface area contributed by atoms with Crippen LogP contribution in [0, 0.1) is 5.21 Å². The van der Waals surface area contributed by atoms with Gasteiger partial charge >= 0.3 is 0 Å². The van der Waals surface area contributed by atoms with E-state index in [1.807, 2.05) is 0 Å². The molecular weight excluding hydrogens is 321 g/mol. The molecule has 0 saturated carbocycles. The van der Waals surface area contributed by atoms with Gasteiger partial charge in [0.25, 0.3) is 11.5 Å². The number of nitrogens with zero attached hydrogens (tertiary/aromatic N) is 1. The van der Waals surface area contributed by atoms with Crippen molar-refractivity contribution in [3.63, 3.8) is 0 Å². The molecule has 1 heterocycles. The number of ketones is 1. The summed E-state index contributed by atoms with van der Waals surface area (Å²) in [4.78, 5) is 12.4. The molecule has 2 aromatic rings. The van der Waals surface area contributed by atoms with Crippen molar-refractivity contribution in [1.29, 1.82) is 0 Å². The Balaban J connectivity index is 2.22. The first kappa shape index (κ1) is 13.4. The fraction of sp³-hybridized carbons (Fsp3) is 0. The van der Waals surface area contributed by atoms with E-state index < -0.39 is 5.78 Å². The van der Waals surface area contributed by atoms with Crippen LogP contribution in [0.25, 0.3) is 0 Å². The minimum absolute atomic E-state index is 0.0147. The van der Waals surface area contributed by atoms with Gasteiger partial charge in [0.1, 0.15) is 5.56 Å². The molecule has 0 fully saturated rings. The molecule has 0 aromatic heterocycles. The van der Waals surface area contributed by atoms with Crippen LogP contribution in [-0.4, -0.2) is 16.2 Å². The first-order valence-electron chi connectivity index (χ1n) is 5.63. The molecular formula is C14H6Cl3NO2. The molecule has 3 rings (SSSR count). The Morgan fingerprint density at radius 1 is 1.00 bits per heavy atom. The van der Waals surface area contributed by atoms with E-state index in [1.54, 1.807) is 24.3 Å². The van der Waals surface area contributed by atoms with Gasteiger partial charge in [0, 0.05) is 11.1 Å². The predicted molar refractivity (Wildman–Crippen MR) is 79.6 cm³/mol. The van der Waals surface area contributed by atoms with Crippen molar-refractivity contribution in [3.05, 3.63) is 67.8 Å². The monoisotopic (exact) mass is 325 g/mol. The predicted octanol–water partition coefficient (Wildman–Crippen LogP) is 4.47. The van der Waals surface area contributed by atoms with Gasteiger partial charge in [0.05, 0.1) is 15.6 Å². The molecule has 1 aliphatic rings. The molecule has 2 aromatic carbocycles. The fourth-order valence-corrected chi connectivity index (χ4v) is 2.62. The highest BCUT2D eigenvalue weighted by Gasteiger charge is 2.37. The van der Waals surface area contributed by atoms with Crippen LogP contribution in [0.4, 0.5) is 5.69 Å². The fourth-order valence-electron chi connectivity index (χ4n) is 2.11. The van der Waals surface area contributed by atoms with Crippen molar-refractivity contribution in [2.45, 2.75) is 0 Å². The van der Waals surface area contributed by atoms with E-state index in [4.69, 9.17) is 34.8 Å². The summed E-state index contributed by atoms with van der Waals surface area (Å²) in [5.74, 6) is -0.393. The second-order valence-electron chi connectivity index (χ2n) is 4.27. The van der Waals surface area contributed by atoms with Crippen LogP contribution in [0.5, 0.6) is 0 Å². The van der Waals surface area contributed by atoms with Gasteiger partial charge in [-0.1, -0.05) is 40.9 Å². The van der Waals surface area contributed by atoms with Gasteiger partial charge in [-0.05, 0) is 24.3 Å². The number of hydrogen-bond acceptors (Lipinski definition) is 2. The third-order valence-corrected chi connectivity index (χ3v) is 3.98. The Kier molecular flexibility index (Phi) is 3.21. The van der Waals surface area contributed by atoms with Crippen LogP contribution in [0.2, 0.25) is 15.1 Å². The summed E-state index contributed by atoms with van der Waals surface area (Å²) in [7, 11) is 0. The first-order chi connectivity index (χ1) is 9.49. The maximum Gasteiger partial charge on any atom is 0.273 e. The molecule has 100 valence electrons. The van der Waals surface area contributed by atoms with Gasteiger partial charge < -0.3 is 5.21 Å². The number of Topliss-reactive ketones (excluding diaryl/α,β-unsaturated/α-hetero) is 1. The number of carbonyl (C=O) groups excluding carboxylic acids is 1. The molecule has 0 aliphatic carbocycles. The molecule has 6 heteroatoms. The highest BCUT2D eigenvalue weighted by atomic mass is 35.5. The molecule has 0 amide bonds. The second-order valence-corrected chi connectivity index (χ2v) is 5.52. The summed E-state index contributed by atoms with van der Waals surface area (Å²) < 4.78 is 0.561. The maximum absolute atomic E-state index is 12.4. The Morgan fingerprint density at radius 2 is 1.70 bits per heavy atom. The zero-order valence-corrected chi connectivity index (χ0v) is 12.1. The van der Waals surface area contributed by atoms with E-state index in [0.717, 1.165) is 0 Å². The normalized spacial score (nSPS) is 13.8. The zero-order valence-electron chi connectivity index (χ0n) is 9.86. The molecule has 0 atom stereocenters. The lowest BCUT2D eigenvalue weighted by atomic mass is 10.0. The Bertz CT molecular complexity index is 784. The van der Waals surface area contributed by atoms with E-state index in [2.05, 4.69) is 0 Å². The van der Waals surface area contributed by atoms with Crippen molar-refractivity contribution in [1.82, 2.24) is 0 Å². The largest absolute Gasteiger partial charge is 0.618 e. The Labute approximate surface area is 129 Å². The number of benzene rings is 2. The number of fused-ring (bicyclic) bond motifs is 1. The lowest BCUT2D eigenvalue weighted by Crippen LogP contribution is -2.16. The summed E-state index contributed by atoms with van der Waals surface area (Å²) in [6.07, 6.45) is 0. The van der Waals surface area contributed by atoms with E-state index in [9.17, 15) is 10.0 Å². The second kappa shape index (κ2) is 4.77. The topological polar surface area (TPSA) is 43.1 Å². The van der Waals surface area contributed by atoms with Crippen LogP contribution in [0.1, 0.15) is 15.9 Å². The quantitative estimate of drug-likeness (QED) is 0.573. The van der Waals surface area contributed by atoms with Crippen LogP contribution in [0.3, 0.4) is 0 Å². The smallest absolute Gasteiger partial charge is 0.273 e. The number of halogens is 3. The molecule has 1 aliphatic heterocycles. The third-order valence-electron chi connectivity index (χ3n) is 3.02. The lowest BCUT2D eigenvalue weighted by molar-refractivity contribution is -0.355. The highest BCUT2D eigenvalue weighted by Crippen LogP contribution is 2.35. The molecule has 0 saturated heterocycles. The molecule has 0 bridgehead atoms. The van der Waals surface area contributed by atoms with Gasteiger partial charge in [0.2, 0.25) is 5.69 Å². The average Bonchev–Trinajstić information content (AvgIpc) is 2.63. The Morgan fingerprint density at radius 3 is 2.40 bits per heavy atom. The summed E-state index contributed by atoms with van der Waals surface area (Å²) in [6.45, 7) is 0. The number of hydrogen-bond donors (Lipinski definition) is 0. The first-order valence-corrected chi connectivity index (χ1v) is 6.76. The van der Waals surface area contributed by atoms with Crippen molar-refractivity contribution >= 4 is 52.0 Å². The number of carbonyl (C=O) groups is 1. The van der Waals surface area contributed by atoms with Crippen LogP contribution in [0.15, 0.2) is 36.4 Å². The Hall–Kier alpha value is -1.55. The van der Waals surface area contributed by atoms with E-state index >= 15 is 0 Å². The van der Waals surface area contributed by atoms with Crippen molar-refractivity contribution in [2.24, 2.45) is 0 Å². The maximum atomic E-state index is 12.4. The van der Waals surface area contributed by atoms with Crippen molar-refractivity contribution < 1.29 is 9.53 Å². The lowest BCUT2D eigenvalue weighted by Gasteiger charge is -2.03. The van der Waals surface area contributed by atoms with Crippen molar-refractivity contribution in [3.8, 4) is 0 Å². The summed E-state index contributed by atoms with van der Waals surface area (Å²) >= 11 is 17.7. The molecule has 20 heavy (non-hydrogen) atoms. The average molecular weight is 327 g/mol. The van der Waals surface area contributed by atoms with Crippen LogP contribution in [-0.2, 0) is 0 Å². The number of rotatable bonds is 1. The third kappa shape index (κ3) is 1.99. The summed E-state index contributed by atoms with van der Waals surface area (Å²) in [5.41, 5.74) is 0.908. The molecule has 0 unspecified atom stereocenters. The molecule has 0 spiro atoms. The van der Waals surface area contributed by atoms with Gasteiger partial charge in [0.15, 0.2) is 0 Å². The van der Waals surface area contributed by atoms with Gasteiger partial charge in [-0.2, -0.15) is 4.74 Å². The highest BCUT2D eigenvalue weighted by molar-refractivity contribution is 6.53. The SMILES string of the molecule is O=C1C(c2cccc(Cl)c2)=[N+]([O-])c2cc(Cl)c(Cl)cc21. The molecule has 0 radical (unpaired) electrons. The van der Waals surface area contributed by atoms with E-state index in [-0.39, 0.29) is 27.0 Å². The summed E-state index contributed by atoms with van der Waals surface area (Å²) in [5, 5.41) is 13.2. The minimum Gasteiger partial charge on any atom is -0.618 e. The summed E-state index contributed by atoms with van der Waals surface area (Å²) in [6, 6.07) is 9.36. The van der Waals surface area contributed by atoms with Crippen molar-refractivity contribution in [2.75, 3.05) is 0 Å². The van der Waals surface area contributed by atoms with Gasteiger partial charge in [-0.3, -0.25) is 4.79 Å².